The minimum atomic E-state index is -0.349. The second kappa shape index (κ2) is 5.23. The fraction of sp³-hybridized carbons (Fsp3) is 0.0667. The van der Waals surface area contributed by atoms with Gasteiger partial charge in [-0.2, -0.15) is 0 Å². The number of methoxy groups -OCH3 is 1. The summed E-state index contributed by atoms with van der Waals surface area (Å²) in [6.45, 7) is 0. The van der Waals surface area contributed by atoms with E-state index in [-0.39, 0.29) is 5.97 Å². The Bertz CT molecular complexity index is 780. The Kier molecular flexibility index (Phi) is 3.42. The summed E-state index contributed by atoms with van der Waals surface area (Å²) in [4.78, 5) is 17.7. The number of thiophene rings is 1. The van der Waals surface area contributed by atoms with E-state index in [0.29, 0.717) is 9.90 Å². The van der Waals surface area contributed by atoms with Crippen LogP contribution in [0.15, 0.2) is 42.6 Å². The molecule has 2 heterocycles. The van der Waals surface area contributed by atoms with Gasteiger partial charge in [-0.1, -0.05) is 23.7 Å². The van der Waals surface area contributed by atoms with Crippen LogP contribution in [-0.2, 0) is 4.74 Å². The number of esters is 1. The quantitative estimate of drug-likeness (QED) is 0.659. The molecule has 5 heteroatoms. The monoisotopic (exact) mass is 303 g/mol. The third kappa shape index (κ3) is 2.17. The molecule has 0 aliphatic heterocycles. The van der Waals surface area contributed by atoms with E-state index in [2.05, 4.69) is 4.98 Å². The van der Waals surface area contributed by atoms with Crippen molar-refractivity contribution >= 4 is 39.1 Å². The minimum absolute atomic E-state index is 0.349. The molecule has 0 unspecified atom stereocenters. The molecule has 1 aromatic carbocycles. The van der Waals surface area contributed by atoms with Crippen LogP contribution in [0.4, 0.5) is 0 Å². The van der Waals surface area contributed by atoms with Gasteiger partial charge in [0, 0.05) is 22.2 Å². The van der Waals surface area contributed by atoms with Crippen LogP contribution in [0.2, 0.25) is 5.02 Å². The first kappa shape index (κ1) is 13.1. The summed E-state index contributed by atoms with van der Waals surface area (Å²) < 4.78 is 4.87. The Morgan fingerprint density at radius 1 is 1.25 bits per heavy atom. The fourth-order valence-corrected chi connectivity index (χ4v) is 3.28. The molecule has 0 N–H and O–H groups in total. The SMILES string of the molecule is COC(=O)c1sc2ncccc2c1-c1ccc(Cl)cc1. The molecule has 0 aliphatic carbocycles. The van der Waals surface area contributed by atoms with Gasteiger partial charge in [-0.15, -0.1) is 11.3 Å². The van der Waals surface area contributed by atoms with E-state index < -0.39 is 0 Å². The molecule has 2 aromatic heterocycles. The number of ether oxygens (including phenoxy) is 1. The van der Waals surface area contributed by atoms with Crippen molar-refractivity contribution in [1.29, 1.82) is 0 Å². The molecule has 20 heavy (non-hydrogen) atoms. The Labute approximate surface area is 124 Å². The predicted molar refractivity (Wildman–Crippen MR) is 81.4 cm³/mol. The zero-order valence-corrected chi connectivity index (χ0v) is 12.2. The van der Waals surface area contributed by atoms with Crippen molar-refractivity contribution < 1.29 is 9.53 Å². The van der Waals surface area contributed by atoms with Crippen molar-refractivity contribution in [2.75, 3.05) is 7.11 Å². The van der Waals surface area contributed by atoms with Crippen molar-refractivity contribution in [2.45, 2.75) is 0 Å². The topological polar surface area (TPSA) is 39.2 Å². The average Bonchev–Trinajstić information content (AvgIpc) is 2.87. The summed E-state index contributed by atoms with van der Waals surface area (Å²) in [6.07, 6.45) is 1.71. The standard InChI is InChI=1S/C15H10ClNO2S/c1-19-15(18)13-12(9-4-6-10(16)7-5-9)11-3-2-8-17-14(11)20-13/h2-8H,1H3. The molecule has 0 bridgehead atoms. The average molecular weight is 304 g/mol. The summed E-state index contributed by atoms with van der Waals surface area (Å²) in [5.41, 5.74) is 1.77. The zero-order valence-electron chi connectivity index (χ0n) is 10.6. The Morgan fingerprint density at radius 2 is 2.00 bits per heavy atom. The molecule has 0 aliphatic rings. The number of fused-ring (bicyclic) bond motifs is 1. The van der Waals surface area contributed by atoms with Gasteiger partial charge >= 0.3 is 5.97 Å². The van der Waals surface area contributed by atoms with E-state index in [9.17, 15) is 4.79 Å². The summed E-state index contributed by atoms with van der Waals surface area (Å²) in [5, 5.41) is 1.60. The maximum Gasteiger partial charge on any atom is 0.348 e. The van der Waals surface area contributed by atoms with Gasteiger partial charge in [-0.25, -0.2) is 9.78 Å². The largest absolute Gasteiger partial charge is 0.465 e. The highest BCUT2D eigenvalue weighted by atomic mass is 35.5. The van der Waals surface area contributed by atoms with Crippen LogP contribution >= 0.6 is 22.9 Å². The fourth-order valence-electron chi connectivity index (χ4n) is 2.07. The minimum Gasteiger partial charge on any atom is -0.465 e. The molecule has 0 amide bonds. The highest BCUT2D eigenvalue weighted by Gasteiger charge is 2.20. The molecule has 0 atom stereocenters. The van der Waals surface area contributed by atoms with Crippen LogP contribution in [0.1, 0.15) is 9.67 Å². The van der Waals surface area contributed by atoms with Crippen molar-refractivity contribution in [1.82, 2.24) is 4.98 Å². The third-order valence-electron chi connectivity index (χ3n) is 2.97. The molecular weight excluding hydrogens is 294 g/mol. The molecular formula is C15H10ClNO2S. The summed E-state index contributed by atoms with van der Waals surface area (Å²) in [6, 6.07) is 11.2. The highest BCUT2D eigenvalue weighted by Crippen LogP contribution is 2.38. The maximum absolute atomic E-state index is 12.0. The zero-order chi connectivity index (χ0) is 14.1. The molecule has 3 rings (SSSR count). The first-order valence-corrected chi connectivity index (χ1v) is 7.12. The van der Waals surface area contributed by atoms with Gasteiger partial charge in [0.15, 0.2) is 0 Å². The van der Waals surface area contributed by atoms with Crippen LogP contribution in [0, 0.1) is 0 Å². The maximum atomic E-state index is 12.0. The molecule has 0 spiro atoms. The highest BCUT2D eigenvalue weighted by molar-refractivity contribution is 7.21. The first-order valence-electron chi connectivity index (χ1n) is 5.92. The predicted octanol–water partition coefficient (Wildman–Crippen LogP) is 4.40. The number of pyridine rings is 1. The van der Waals surface area contributed by atoms with E-state index in [1.165, 1.54) is 18.4 Å². The lowest BCUT2D eigenvalue weighted by Gasteiger charge is -2.04. The lowest BCUT2D eigenvalue weighted by atomic mass is 10.0. The van der Waals surface area contributed by atoms with Crippen molar-refractivity contribution in [3.8, 4) is 11.1 Å². The number of benzene rings is 1. The number of carbonyl (C=O) groups is 1. The van der Waals surface area contributed by atoms with Crippen LogP contribution in [-0.4, -0.2) is 18.1 Å². The van der Waals surface area contributed by atoms with E-state index in [0.717, 1.165) is 21.3 Å². The first-order chi connectivity index (χ1) is 9.70. The Balaban J connectivity index is 2.31. The van der Waals surface area contributed by atoms with Crippen LogP contribution in [0.5, 0.6) is 0 Å². The summed E-state index contributed by atoms with van der Waals surface area (Å²) >= 11 is 7.26. The van der Waals surface area contributed by atoms with E-state index >= 15 is 0 Å². The molecule has 3 aromatic rings. The van der Waals surface area contributed by atoms with Crippen molar-refractivity contribution in [3.05, 3.63) is 52.5 Å². The summed E-state index contributed by atoms with van der Waals surface area (Å²) in [5.74, 6) is -0.349. The number of hydrogen-bond acceptors (Lipinski definition) is 4. The Hall–Kier alpha value is -1.91. The second-order valence-electron chi connectivity index (χ2n) is 4.16. The van der Waals surface area contributed by atoms with Gasteiger partial charge in [0.1, 0.15) is 9.71 Å². The molecule has 0 saturated carbocycles. The number of aromatic nitrogens is 1. The van der Waals surface area contributed by atoms with Crippen LogP contribution < -0.4 is 0 Å². The molecule has 3 nitrogen and oxygen atoms in total. The van der Waals surface area contributed by atoms with E-state index in [1.54, 1.807) is 18.3 Å². The van der Waals surface area contributed by atoms with Gasteiger partial charge in [-0.3, -0.25) is 0 Å². The van der Waals surface area contributed by atoms with Crippen molar-refractivity contribution in [3.63, 3.8) is 0 Å². The lowest BCUT2D eigenvalue weighted by Crippen LogP contribution is -1.99. The van der Waals surface area contributed by atoms with Crippen LogP contribution in [0.25, 0.3) is 21.3 Å². The van der Waals surface area contributed by atoms with Gasteiger partial charge in [0.25, 0.3) is 0 Å². The number of halogens is 1. The van der Waals surface area contributed by atoms with E-state index in [4.69, 9.17) is 16.3 Å². The van der Waals surface area contributed by atoms with Gasteiger partial charge in [0.05, 0.1) is 7.11 Å². The molecule has 0 saturated heterocycles. The molecule has 100 valence electrons. The Morgan fingerprint density at radius 3 is 2.70 bits per heavy atom. The van der Waals surface area contributed by atoms with Crippen LogP contribution in [0.3, 0.4) is 0 Å². The molecule has 0 radical (unpaired) electrons. The van der Waals surface area contributed by atoms with Gasteiger partial charge in [0.2, 0.25) is 0 Å². The number of carbonyl (C=O) groups excluding carboxylic acids is 1. The number of rotatable bonds is 2. The van der Waals surface area contributed by atoms with Gasteiger partial charge in [-0.05, 0) is 29.8 Å². The summed E-state index contributed by atoms with van der Waals surface area (Å²) in [7, 11) is 1.38. The smallest absolute Gasteiger partial charge is 0.348 e. The lowest BCUT2D eigenvalue weighted by molar-refractivity contribution is 0.0607. The number of hydrogen-bond donors (Lipinski definition) is 0. The third-order valence-corrected chi connectivity index (χ3v) is 4.32. The molecule has 0 fully saturated rings. The second-order valence-corrected chi connectivity index (χ2v) is 5.60. The normalized spacial score (nSPS) is 10.7. The van der Waals surface area contributed by atoms with E-state index in [1.807, 2.05) is 24.3 Å². The number of nitrogens with zero attached hydrogens (tertiary/aromatic N) is 1. The van der Waals surface area contributed by atoms with Crippen molar-refractivity contribution in [2.24, 2.45) is 0 Å². The van der Waals surface area contributed by atoms with Gasteiger partial charge < -0.3 is 4.74 Å².